The summed E-state index contributed by atoms with van der Waals surface area (Å²) in [6, 6.07) is 4.35. The number of halogens is 1. The molecule has 0 fully saturated rings. The van der Waals surface area contributed by atoms with Crippen LogP contribution in [0.1, 0.15) is 18.5 Å². The van der Waals surface area contributed by atoms with Gasteiger partial charge < -0.3 is 15.4 Å². The summed E-state index contributed by atoms with van der Waals surface area (Å²) in [6.45, 7) is 2.09. The first-order valence-electron chi connectivity index (χ1n) is 5.36. The van der Waals surface area contributed by atoms with Crippen molar-refractivity contribution < 1.29 is 13.9 Å². The lowest BCUT2D eigenvalue weighted by Crippen LogP contribution is -2.33. The van der Waals surface area contributed by atoms with Crippen molar-refractivity contribution in [3.63, 3.8) is 0 Å². The van der Waals surface area contributed by atoms with Crippen molar-refractivity contribution >= 4 is 5.91 Å². The molecule has 94 valence electrons. The number of ether oxygens (including phenoxy) is 1. The van der Waals surface area contributed by atoms with Crippen molar-refractivity contribution in [2.24, 2.45) is 0 Å². The van der Waals surface area contributed by atoms with Gasteiger partial charge in [-0.1, -0.05) is 6.07 Å². The monoisotopic (exact) mass is 240 g/mol. The van der Waals surface area contributed by atoms with Crippen LogP contribution < -0.4 is 15.4 Å². The number of hydrogen-bond acceptors (Lipinski definition) is 3. The molecule has 0 radical (unpaired) electrons. The summed E-state index contributed by atoms with van der Waals surface area (Å²) < 4.78 is 18.1. The van der Waals surface area contributed by atoms with Crippen molar-refractivity contribution in [1.29, 1.82) is 0 Å². The van der Waals surface area contributed by atoms with Gasteiger partial charge in [0.05, 0.1) is 19.7 Å². The Morgan fingerprint density at radius 2 is 2.24 bits per heavy atom. The first-order valence-corrected chi connectivity index (χ1v) is 5.36. The molecule has 0 bridgehead atoms. The van der Waals surface area contributed by atoms with Crippen LogP contribution in [0.5, 0.6) is 5.75 Å². The zero-order chi connectivity index (χ0) is 12.8. The van der Waals surface area contributed by atoms with Gasteiger partial charge in [0.1, 0.15) is 0 Å². The molecule has 1 amide bonds. The Morgan fingerprint density at radius 1 is 1.53 bits per heavy atom. The van der Waals surface area contributed by atoms with E-state index < -0.39 is 5.82 Å². The summed E-state index contributed by atoms with van der Waals surface area (Å²) in [7, 11) is 3.11. The molecule has 0 spiro atoms. The van der Waals surface area contributed by atoms with Gasteiger partial charge in [-0.05, 0) is 31.7 Å². The van der Waals surface area contributed by atoms with E-state index in [2.05, 4.69) is 10.6 Å². The lowest BCUT2D eigenvalue weighted by Gasteiger charge is -2.15. The van der Waals surface area contributed by atoms with E-state index in [1.54, 1.807) is 19.2 Å². The van der Waals surface area contributed by atoms with E-state index in [-0.39, 0.29) is 24.2 Å². The van der Waals surface area contributed by atoms with Crippen LogP contribution in [0.4, 0.5) is 4.39 Å². The van der Waals surface area contributed by atoms with Crippen LogP contribution in [0.25, 0.3) is 0 Å². The number of likely N-dealkylation sites (N-methyl/N-ethyl adjacent to an activating group) is 1. The van der Waals surface area contributed by atoms with Gasteiger partial charge in [-0.2, -0.15) is 0 Å². The molecule has 1 atom stereocenters. The van der Waals surface area contributed by atoms with Crippen molar-refractivity contribution in [2.75, 3.05) is 20.7 Å². The first kappa shape index (κ1) is 13.4. The number of benzene rings is 1. The van der Waals surface area contributed by atoms with Gasteiger partial charge in [0.15, 0.2) is 11.6 Å². The summed E-state index contributed by atoms with van der Waals surface area (Å²) in [5.74, 6) is -0.342. The molecule has 0 saturated carbocycles. The second-order valence-electron chi connectivity index (χ2n) is 3.71. The van der Waals surface area contributed by atoms with Crippen molar-refractivity contribution in [3.8, 4) is 5.75 Å². The molecule has 0 aromatic heterocycles. The topological polar surface area (TPSA) is 50.4 Å². The molecule has 2 N–H and O–H groups in total. The van der Waals surface area contributed by atoms with E-state index in [0.29, 0.717) is 0 Å². The van der Waals surface area contributed by atoms with E-state index in [4.69, 9.17) is 4.74 Å². The number of methoxy groups -OCH3 is 1. The minimum Gasteiger partial charge on any atom is -0.494 e. The Bertz CT molecular complexity index is 396. The maximum Gasteiger partial charge on any atom is 0.234 e. The third-order valence-electron chi connectivity index (χ3n) is 2.39. The maximum absolute atomic E-state index is 13.2. The number of nitrogens with one attached hydrogen (secondary N) is 2. The molecule has 1 unspecified atom stereocenters. The van der Waals surface area contributed by atoms with Crippen LogP contribution in [0.3, 0.4) is 0 Å². The normalized spacial score (nSPS) is 12.0. The standard InChI is InChI=1S/C12H17FN2O2/c1-8(15-12(16)7-14-2)9-4-5-10(13)11(6-9)17-3/h4-6,8,14H,7H2,1-3H3,(H,15,16). The predicted molar refractivity (Wildman–Crippen MR) is 63.4 cm³/mol. The molecule has 1 rings (SSSR count). The summed E-state index contributed by atoms with van der Waals surface area (Å²) in [6.07, 6.45) is 0. The van der Waals surface area contributed by atoms with Crippen LogP contribution in [0, 0.1) is 5.82 Å². The highest BCUT2D eigenvalue weighted by Gasteiger charge is 2.11. The molecule has 4 nitrogen and oxygen atoms in total. The largest absolute Gasteiger partial charge is 0.494 e. The Kier molecular flexibility index (Phi) is 4.90. The molecular weight excluding hydrogens is 223 g/mol. The number of amides is 1. The molecule has 0 saturated heterocycles. The fourth-order valence-corrected chi connectivity index (χ4v) is 1.48. The van der Waals surface area contributed by atoms with Crippen LogP contribution in [-0.4, -0.2) is 26.6 Å². The molecule has 0 aliphatic heterocycles. The average Bonchev–Trinajstić information content (AvgIpc) is 2.29. The second kappa shape index (κ2) is 6.20. The summed E-state index contributed by atoms with van der Waals surface area (Å²) in [4.78, 5) is 11.4. The van der Waals surface area contributed by atoms with E-state index in [0.717, 1.165) is 5.56 Å². The van der Waals surface area contributed by atoms with Gasteiger partial charge in [-0.3, -0.25) is 4.79 Å². The SMILES string of the molecule is CNCC(=O)NC(C)c1ccc(F)c(OC)c1. The van der Waals surface area contributed by atoms with Crippen molar-refractivity contribution in [3.05, 3.63) is 29.6 Å². The molecule has 1 aromatic carbocycles. The quantitative estimate of drug-likeness (QED) is 0.814. The molecule has 0 aliphatic rings. The zero-order valence-electron chi connectivity index (χ0n) is 10.2. The van der Waals surface area contributed by atoms with Gasteiger partial charge in [-0.25, -0.2) is 4.39 Å². The molecule has 1 aromatic rings. The number of rotatable bonds is 5. The van der Waals surface area contributed by atoms with E-state index in [9.17, 15) is 9.18 Å². The fourth-order valence-electron chi connectivity index (χ4n) is 1.48. The predicted octanol–water partition coefficient (Wildman–Crippen LogP) is 1.23. The van der Waals surface area contributed by atoms with E-state index in [1.165, 1.54) is 13.2 Å². The molecule has 0 aliphatic carbocycles. The lowest BCUT2D eigenvalue weighted by molar-refractivity contribution is -0.120. The van der Waals surface area contributed by atoms with E-state index >= 15 is 0 Å². The molecule has 5 heteroatoms. The number of hydrogen-bond donors (Lipinski definition) is 2. The van der Waals surface area contributed by atoms with Gasteiger partial charge in [0, 0.05) is 0 Å². The van der Waals surface area contributed by atoms with Crippen LogP contribution in [0.15, 0.2) is 18.2 Å². The molecule has 17 heavy (non-hydrogen) atoms. The Hall–Kier alpha value is -1.62. The van der Waals surface area contributed by atoms with Crippen LogP contribution in [0.2, 0.25) is 0 Å². The van der Waals surface area contributed by atoms with Gasteiger partial charge in [-0.15, -0.1) is 0 Å². The third kappa shape index (κ3) is 3.71. The minimum absolute atomic E-state index is 0.108. The zero-order valence-corrected chi connectivity index (χ0v) is 10.2. The van der Waals surface area contributed by atoms with E-state index in [1.807, 2.05) is 6.92 Å². The van der Waals surface area contributed by atoms with Crippen molar-refractivity contribution in [1.82, 2.24) is 10.6 Å². The highest BCUT2D eigenvalue weighted by atomic mass is 19.1. The van der Waals surface area contributed by atoms with Gasteiger partial charge >= 0.3 is 0 Å². The average molecular weight is 240 g/mol. The lowest BCUT2D eigenvalue weighted by atomic mass is 10.1. The van der Waals surface area contributed by atoms with Crippen LogP contribution >= 0.6 is 0 Å². The molecular formula is C12H17FN2O2. The van der Waals surface area contributed by atoms with Gasteiger partial charge in [0.25, 0.3) is 0 Å². The second-order valence-corrected chi connectivity index (χ2v) is 3.71. The smallest absolute Gasteiger partial charge is 0.234 e. The number of carbonyl (C=O) groups excluding carboxylic acids is 1. The van der Waals surface area contributed by atoms with Gasteiger partial charge in [0.2, 0.25) is 5.91 Å². The Labute approximate surface area is 100 Å². The fraction of sp³-hybridized carbons (Fsp3) is 0.417. The highest BCUT2D eigenvalue weighted by molar-refractivity contribution is 5.78. The number of carbonyl (C=O) groups is 1. The Morgan fingerprint density at radius 3 is 2.82 bits per heavy atom. The van der Waals surface area contributed by atoms with Crippen molar-refractivity contribution in [2.45, 2.75) is 13.0 Å². The highest BCUT2D eigenvalue weighted by Crippen LogP contribution is 2.22. The maximum atomic E-state index is 13.2. The Balaban J connectivity index is 2.75. The third-order valence-corrected chi connectivity index (χ3v) is 2.39. The van der Waals surface area contributed by atoms with Crippen LogP contribution in [-0.2, 0) is 4.79 Å². The molecule has 0 heterocycles. The summed E-state index contributed by atoms with van der Waals surface area (Å²) in [5.41, 5.74) is 0.799. The first-order chi connectivity index (χ1) is 8.08. The summed E-state index contributed by atoms with van der Waals surface area (Å²) in [5, 5.41) is 5.55. The summed E-state index contributed by atoms with van der Waals surface area (Å²) >= 11 is 0. The minimum atomic E-state index is -0.412.